The standard InChI is InChI=1S/C22H23N3O2S/c1-16(25(2)19-7-4-3-5-8-19)15-23-21(26)17-10-12-18(13-11-17)24-22(27)20-9-6-14-28-20/h3-14,16H,15H2,1-2H3,(H,23,26)(H,24,27). The van der Waals surface area contributed by atoms with Gasteiger partial charge in [-0.3, -0.25) is 9.59 Å². The van der Waals surface area contributed by atoms with Crippen LogP contribution < -0.4 is 15.5 Å². The van der Waals surface area contributed by atoms with Gasteiger partial charge in [-0.05, 0) is 54.8 Å². The van der Waals surface area contributed by atoms with Crippen LogP contribution in [0.4, 0.5) is 11.4 Å². The molecule has 2 N–H and O–H groups in total. The summed E-state index contributed by atoms with van der Waals surface area (Å²) in [5.74, 6) is -0.283. The minimum Gasteiger partial charge on any atom is -0.370 e. The summed E-state index contributed by atoms with van der Waals surface area (Å²) in [7, 11) is 2.01. The van der Waals surface area contributed by atoms with E-state index in [4.69, 9.17) is 0 Å². The van der Waals surface area contributed by atoms with Crippen LogP contribution in [0.5, 0.6) is 0 Å². The fourth-order valence-corrected chi connectivity index (χ4v) is 3.32. The predicted molar refractivity (Wildman–Crippen MR) is 115 cm³/mol. The van der Waals surface area contributed by atoms with E-state index in [1.165, 1.54) is 11.3 Å². The quantitative estimate of drug-likeness (QED) is 0.631. The number of thiophene rings is 1. The van der Waals surface area contributed by atoms with Crippen LogP contribution in [0.15, 0.2) is 72.1 Å². The van der Waals surface area contributed by atoms with Crippen molar-refractivity contribution in [3.63, 3.8) is 0 Å². The third-order valence-electron chi connectivity index (χ3n) is 4.53. The highest BCUT2D eigenvalue weighted by Gasteiger charge is 2.13. The molecule has 144 valence electrons. The molecule has 0 radical (unpaired) electrons. The number of benzene rings is 2. The molecule has 5 nitrogen and oxygen atoms in total. The van der Waals surface area contributed by atoms with Crippen molar-refractivity contribution in [1.82, 2.24) is 5.32 Å². The van der Waals surface area contributed by atoms with Gasteiger partial charge in [0.15, 0.2) is 0 Å². The number of carbonyl (C=O) groups is 2. The topological polar surface area (TPSA) is 61.4 Å². The fourth-order valence-electron chi connectivity index (χ4n) is 2.70. The molecule has 0 saturated carbocycles. The molecule has 2 amide bonds. The molecule has 0 aliphatic carbocycles. The Kier molecular flexibility index (Phi) is 6.45. The zero-order valence-corrected chi connectivity index (χ0v) is 16.7. The monoisotopic (exact) mass is 393 g/mol. The molecule has 1 aromatic heterocycles. The Labute approximate surface area is 169 Å². The highest BCUT2D eigenvalue weighted by Crippen LogP contribution is 2.15. The molecule has 0 saturated heterocycles. The van der Waals surface area contributed by atoms with E-state index in [9.17, 15) is 9.59 Å². The summed E-state index contributed by atoms with van der Waals surface area (Å²) < 4.78 is 0. The maximum atomic E-state index is 12.4. The first-order valence-electron chi connectivity index (χ1n) is 9.05. The lowest BCUT2D eigenvalue weighted by Crippen LogP contribution is -2.40. The SMILES string of the molecule is CC(CNC(=O)c1ccc(NC(=O)c2cccs2)cc1)N(C)c1ccccc1. The van der Waals surface area contributed by atoms with Crippen LogP contribution in [0.25, 0.3) is 0 Å². The lowest BCUT2D eigenvalue weighted by Gasteiger charge is -2.27. The van der Waals surface area contributed by atoms with Gasteiger partial charge < -0.3 is 15.5 Å². The molecule has 0 fully saturated rings. The maximum absolute atomic E-state index is 12.4. The van der Waals surface area contributed by atoms with Crippen molar-refractivity contribution in [2.24, 2.45) is 0 Å². The van der Waals surface area contributed by atoms with Crippen molar-refractivity contribution in [2.75, 3.05) is 23.8 Å². The van der Waals surface area contributed by atoms with E-state index in [1.807, 2.05) is 48.8 Å². The number of amides is 2. The Morgan fingerprint density at radius 3 is 2.32 bits per heavy atom. The summed E-state index contributed by atoms with van der Waals surface area (Å²) in [6, 6.07) is 20.7. The van der Waals surface area contributed by atoms with Gasteiger partial charge >= 0.3 is 0 Å². The van der Waals surface area contributed by atoms with Gasteiger partial charge in [-0.1, -0.05) is 24.3 Å². The number of carbonyl (C=O) groups excluding carboxylic acids is 2. The normalized spacial score (nSPS) is 11.5. The van der Waals surface area contributed by atoms with Crippen molar-refractivity contribution in [3.05, 3.63) is 82.6 Å². The number of nitrogens with zero attached hydrogens (tertiary/aromatic N) is 1. The number of para-hydroxylation sites is 1. The average Bonchev–Trinajstić information content (AvgIpc) is 3.27. The number of rotatable bonds is 7. The van der Waals surface area contributed by atoms with E-state index < -0.39 is 0 Å². The summed E-state index contributed by atoms with van der Waals surface area (Å²) in [4.78, 5) is 27.3. The van der Waals surface area contributed by atoms with Crippen LogP contribution in [-0.4, -0.2) is 31.4 Å². The second-order valence-electron chi connectivity index (χ2n) is 6.51. The van der Waals surface area contributed by atoms with Gasteiger partial charge in [0.2, 0.25) is 0 Å². The van der Waals surface area contributed by atoms with Gasteiger partial charge in [0.25, 0.3) is 11.8 Å². The van der Waals surface area contributed by atoms with E-state index in [-0.39, 0.29) is 17.9 Å². The van der Waals surface area contributed by atoms with Crippen LogP contribution in [0, 0.1) is 0 Å². The lowest BCUT2D eigenvalue weighted by atomic mass is 10.2. The average molecular weight is 394 g/mol. The van der Waals surface area contributed by atoms with Crippen LogP contribution in [0.1, 0.15) is 27.0 Å². The summed E-state index contributed by atoms with van der Waals surface area (Å²) in [6.45, 7) is 2.59. The third kappa shape index (κ3) is 4.98. The minimum atomic E-state index is -0.148. The molecular formula is C22H23N3O2S. The first kappa shape index (κ1) is 19.6. The maximum Gasteiger partial charge on any atom is 0.265 e. The molecule has 1 unspecified atom stereocenters. The van der Waals surface area contributed by atoms with Gasteiger partial charge in [0.1, 0.15) is 0 Å². The zero-order chi connectivity index (χ0) is 19.9. The van der Waals surface area contributed by atoms with Gasteiger partial charge in [-0.25, -0.2) is 0 Å². The Hall–Kier alpha value is -3.12. The minimum absolute atomic E-state index is 0.135. The second kappa shape index (κ2) is 9.19. The summed E-state index contributed by atoms with van der Waals surface area (Å²) in [5, 5.41) is 7.65. The summed E-state index contributed by atoms with van der Waals surface area (Å²) in [5.41, 5.74) is 2.32. The number of anilines is 2. The van der Waals surface area contributed by atoms with Gasteiger partial charge in [0.05, 0.1) is 4.88 Å². The number of hydrogen-bond donors (Lipinski definition) is 2. The highest BCUT2D eigenvalue weighted by molar-refractivity contribution is 7.12. The van der Waals surface area contributed by atoms with Gasteiger partial charge in [-0.2, -0.15) is 0 Å². The van der Waals surface area contributed by atoms with E-state index in [2.05, 4.69) is 22.5 Å². The molecule has 0 spiro atoms. The molecule has 0 aliphatic rings. The highest BCUT2D eigenvalue weighted by atomic mass is 32.1. The summed E-state index contributed by atoms with van der Waals surface area (Å²) >= 11 is 1.39. The second-order valence-corrected chi connectivity index (χ2v) is 7.46. The molecule has 2 aromatic carbocycles. The van der Waals surface area contributed by atoms with Crippen LogP contribution >= 0.6 is 11.3 Å². The zero-order valence-electron chi connectivity index (χ0n) is 15.9. The Morgan fingerprint density at radius 2 is 1.68 bits per heavy atom. The number of hydrogen-bond acceptors (Lipinski definition) is 4. The number of likely N-dealkylation sites (N-methyl/N-ethyl adjacent to an activating group) is 1. The fraction of sp³-hybridized carbons (Fsp3) is 0.182. The largest absolute Gasteiger partial charge is 0.370 e. The molecule has 0 bridgehead atoms. The van der Waals surface area contributed by atoms with Crippen molar-refractivity contribution in [3.8, 4) is 0 Å². The van der Waals surface area contributed by atoms with E-state index in [1.54, 1.807) is 30.3 Å². The summed E-state index contributed by atoms with van der Waals surface area (Å²) in [6.07, 6.45) is 0. The van der Waals surface area contributed by atoms with E-state index >= 15 is 0 Å². The van der Waals surface area contributed by atoms with Gasteiger partial charge in [-0.15, -0.1) is 11.3 Å². The van der Waals surface area contributed by atoms with Crippen LogP contribution in [0.3, 0.4) is 0 Å². The smallest absolute Gasteiger partial charge is 0.265 e. The molecule has 6 heteroatoms. The molecule has 1 heterocycles. The molecule has 28 heavy (non-hydrogen) atoms. The number of nitrogens with one attached hydrogen (secondary N) is 2. The van der Waals surface area contributed by atoms with E-state index in [0.717, 1.165) is 5.69 Å². The van der Waals surface area contributed by atoms with Crippen molar-refractivity contribution in [2.45, 2.75) is 13.0 Å². The Balaban J connectivity index is 1.52. The van der Waals surface area contributed by atoms with E-state index in [0.29, 0.717) is 22.7 Å². The Morgan fingerprint density at radius 1 is 0.964 bits per heavy atom. The predicted octanol–water partition coefficient (Wildman–Crippen LogP) is 4.26. The van der Waals surface area contributed by atoms with Crippen molar-refractivity contribution < 1.29 is 9.59 Å². The first-order valence-corrected chi connectivity index (χ1v) is 9.93. The molecule has 0 aliphatic heterocycles. The van der Waals surface area contributed by atoms with Crippen molar-refractivity contribution >= 4 is 34.5 Å². The van der Waals surface area contributed by atoms with Crippen LogP contribution in [-0.2, 0) is 0 Å². The molecule has 3 aromatic rings. The van der Waals surface area contributed by atoms with Crippen molar-refractivity contribution in [1.29, 1.82) is 0 Å². The Bertz CT molecular complexity index is 909. The van der Waals surface area contributed by atoms with Gasteiger partial charge in [0, 0.05) is 36.6 Å². The van der Waals surface area contributed by atoms with Crippen LogP contribution in [0.2, 0.25) is 0 Å². The lowest BCUT2D eigenvalue weighted by molar-refractivity contribution is 0.0951. The molecule has 1 atom stereocenters. The molecular weight excluding hydrogens is 370 g/mol. The first-order chi connectivity index (χ1) is 13.5. The molecule has 3 rings (SSSR count). The third-order valence-corrected chi connectivity index (χ3v) is 5.40.